The highest BCUT2D eigenvalue weighted by molar-refractivity contribution is 9.10. The third kappa shape index (κ3) is 6.06. The highest BCUT2D eigenvalue weighted by Gasteiger charge is 2.23. The van der Waals surface area contributed by atoms with Crippen LogP contribution in [0.1, 0.15) is 22.3 Å². The molecule has 1 aliphatic heterocycles. The number of hydrogen-bond acceptors (Lipinski definition) is 3. The molecule has 1 fully saturated rings. The van der Waals surface area contributed by atoms with Crippen LogP contribution in [0.25, 0.3) is 0 Å². The van der Waals surface area contributed by atoms with Gasteiger partial charge in [-0.2, -0.15) is 0 Å². The van der Waals surface area contributed by atoms with Crippen molar-refractivity contribution in [2.24, 2.45) is 0 Å². The zero-order valence-electron chi connectivity index (χ0n) is 14.8. The molecule has 1 heterocycles. The van der Waals surface area contributed by atoms with Crippen molar-refractivity contribution in [2.75, 3.05) is 19.6 Å². The highest BCUT2D eigenvalue weighted by atomic mass is 79.9. The molecule has 2 N–H and O–H groups in total. The van der Waals surface area contributed by atoms with Crippen molar-refractivity contribution >= 4 is 39.3 Å². The lowest BCUT2D eigenvalue weighted by molar-refractivity contribution is -0.120. The third-order valence-electron chi connectivity index (χ3n) is 4.45. The van der Waals surface area contributed by atoms with Crippen LogP contribution in [-0.2, 0) is 11.3 Å². The third-order valence-corrected chi connectivity index (χ3v) is 5.20. The first-order chi connectivity index (χ1) is 13.0. The van der Waals surface area contributed by atoms with Gasteiger partial charge in [-0.1, -0.05) is 45.7 Å². The molecule has 2 amide bonds. The number of benzene rings is 2. The molecule has 1 aliphatic rings. The Morgan fingerprint density at radius 3 is 2.70 bits per heavy atom. The number of halogens is 2. The fraction of sp³-hybridized carbons (Fsp3) is 0.300. The van der Waals surface area contributed by atoms with E-state index in [0.29, 0.717) is 5.56 Å². The van der Waals surface area contributed by atoms with Gasteiger partial charge in [0.1, 0.15) is 0 Å². The summed E-state index contributed by atoms with van der Waals surface area (Å²) in [5.41, 5.74) is 1.72. The largest absolute Gasteiger partial charge is 0.350 e. The second kappa shape index (κ2) is 9.35. The van der Waals surface area contributed by atoms with Crippen molar-refractivity contribution in [2.45, 2.75) is 19.0 Å². The number of nitrogens with one attached hydrogen (secondary N) is 2. The topological polar surface area (TPSA) is 61.4 Å². The van der Waals surface area contributed by atoms with E-state index < -0.39 is 0 Å². The normalized spacial score (nSPS) is 16.9. The van der Waals surface area contributed by atoms with E-state index >= 15 is 0 Å². The average Bonchev–Trinajstić information content (AvgIpc) is 3.08. The summed E-state index contributed by atoms with van der Waals surface area (Å²) in [4.78, 5) is 26.5. The Balaban J connectivity index is 1.41. The average molecular weight is 451 g/mol. The zero-order valence-corrected chi connectivity index (χ0v) is 17.1. The van der Waals surface area contributed by atoms with Crippen molar-refractivity contribution in [1.82, 2.24) is 15.5 Å². The Hall–Kier alpha value is -1.89. The maximum absolute atomic E-state index is 12.1. The molecule has 142 valence electrons. The van der Waals surface area contributed by atoms with Crippen LogP contribution in [0, 0.1) is 0 Å². The summed E-state index contributed by atoms with van der Waals surface area (Å²) in [7, 11) is 0. The van der Waals surface area contributed by atoms with E-state index in [4.69, 9.17) is 11.6 Å². The van der Waals surface area contributed by atoms with Gasteiger partial charge in [0.05, 0.1) is 6.54 Å². The van der Waals surface area contributed by atoms with Gasteiger partial charge in [0.25, 0.3) is 5.91 Å². The van der Waals surface area contributed by atoms with Crippen molar-refractivity contribution in [3.63, 3.8) is 0 Å². The number of likely N-dealkylation sites (tertiary alicyclic amines) is 1. The first-order valence-electron chi connectivity index (χ1n) is 8.79. The second-order valence-corrected chi connectivity index (χ2v) is 7.96. The van der Waals surface area contributed by atoms with E-state index in [1.165, 1.54) is 5.56 Å². The van der Waals surface area contributed by atoms with Gasteiger partial charge in [-0.05, 0) is 42.3 Å². The minimum atomic E-state index is -0.262. The molecule has 0 aromatic heterocycles. The zero-order chi connectivity index (χ0) is 19.2. The maximum atomic E-state index is 12.1. The van der Waals surface area contributed by atoms with Crippen LogP contribution in [0.3, 0.4) is 0 Å². The van der Waals surface area contributed by atoms with Gasteiger partial charge in [-0.15, -0.1) is 0 Å². The summed E-state index contributed by atoms with van der Waals surface area (Å²) in [6.45, 7) is 2.54. The van der Waals surface area contributed by atoms with Crippen LogP contribution in [0.15, 0.2) is 53.0 Å². The molecule has 7 heteroatoms. The number of hydrogen-bond donors (Lipinski definition) is 2. The molecule has 3 rings (SSSR count). The molecule has 0 spiro atoms. The van der Waals surface area contributed by atoms with E-state index in [0.717, 1.165) is 35.6 Å². The monoisotopic (exact) mass is 449 g/mol. The highest BCUT2D eigenvalue weighted by Crippen LogP contribution is 2.16. The summed E-state index contributed by atoms with van der Waals surface area (Å²) in [5.74, 6) is -0.432. The minimum Gasteiger partial charge on any atom is -0.350 e. The van der Waals surface area contributed by atoms with Crippen molar-refractivity contribution in [1.29, 1.82) is 0 Å². The number of rotatable bonds is 6. The van der Waals surface area contributed by atoms with Gasteiger partial charge >= 0.3 is 0 Å². The molecule has 0 radical (unpaired) electrons. The first-order valence-corrected chi connectivity index (χ1v) is 9.96. The fourth-order valence-corrected chi connectivity index (χ4v) is 3.64. The van der Waals surface area contributed by atoms with E-state index in [2.05, 4.69) is 31.5 Å². The summed E-state index contributed by atoms with van der Waals surface area (Å²) in [6.07, 6.45) is 0.902. The van der Waals surface area contributed by atoms with Gasteiger partial charge in [0.15, 0.2) is 0 Å². The number of carbonyl (C=O) groups is 2. The quantitative estimate of drug-likeness (QED) is 0.710. The number of amides is 2. The van der Waals surface area contributed by atoms with Crippen LogP contribution in [-0.4, -0.2) is 42.4 Å². The summed E-state index contributed by atoms with van der Waals surface area (Å²) < 4.78 is 0.825. The van der Waals surface area contributed by atoms with E-state index in [-0.39, 0.29) is 24.4 Å². The molecular formula is C20H21BrClN3O2. The molecule has 1 atom stereocenters. The van der Waals surface area contributed by atoms with Crippen LogP contribution in [0.2, 0.25) is 5.02 Å². The molecule has 0 aliphatic carbocycles. The summed E-state index contributed by atoms with van der Waals surface area (Å²) >= 11 is 9.25. The fourth-order valence-electron chi connectivity index (χ4n) is 3.11. The standard InChI is InChI=1S/C20H21BrClN3O2/c21-16-3-1-2-15(10-16)20(27)23-11-19(26)24-18-8-9-25(13-18)12-14-4-6-17(22)7-5-14/h1-7,10,18H,8-9,11-13H2,(H,23,27)(H,24,26)/t18-/m1/s1. The Morgan fingerprint density at radius 2 is 1.96 bits per heavy atom. The SMILES string of the molecule is O=C(CNC(=O)c1cccc(Br)c1)N[C@@H]1CCN(Cc2ccc(Cl)cc2)C1. The lowest BCUT2D eigenvalue weighted by Gasteiger charge is -2.17. The van der Waals surface area contributed by atoms with Crippen LogP contribution in [0.5, 0.6) is 0 Å². The van der Waals surface area contributed by atoms with E-state index in [9.17, 15) is 9.59 Å². The van der Waals surface area contributed by atoms with Gasteiger partial charge < -0.3 is 10.6 Å². The lowest BCUT2D eigenvalue weighted by Crippen LogP contribution is -2.43. The molecule has 2 aromatic rings. The van der Waals surface area contributed by atoms with E-state index in [1.807, 2.05) is 30.3 Å². The maximum Gasteiger partial charge on any atom is 0.251 e. The molecule has 1 saturated heterocycles. The van der Waals surface area contributed by atoms with Gasteiger partial charge in [-0.25, -0.2) is 0 Å². The lowest BCUT2D eigenvalue weighted by atomic mass is 10.2. The first kappa shape index (κ1) is 19.9. The molecular weight excluding hydrogens is 430 g/mol. The Labute approximate surface area is 172 Å². The Kier molecular flexibility index (Phi) is 6.88. The Bertz CT molecular complexity index is 813. The smallest absolute Gasteiger partial charge is 0.251 e. The number of nitrogens with zero attached hydrogens (tertiary/aromatic N) is 1. The van der Waals surface area contributed by atoms with E-state index in [1.54, 1.807) is 18.2 Å². The molecule has 0 saturated carbocycles. The molecule has 0 unspecified atom stereocenters. The summed E-state index contributed by atoms with van der Waals surface area (Å²) in [6, 6.07) is 15.0. The van der Waals surface area contributed by atoms with Crippen LogP contribution < -0.4 is 10.6 Å². The molecule has 0 bridgehead atoms. The molecule has 5 nitrogen and oxygen atoms in total. The number of carbonyl (C=O) groups excluding carboxylic acids is 2. The Morgan fingerprint density at radius 1 is 1.19 bits per heavy atom. The van der Waals surface area contributed by atoms with Crippen molar-refractivity contribution in [3.05, 3.63) is 69.2 Å². The molecule has 27 heavy (non-hydrogen) atoms. The minimum absolute atomic E-state index is 0.0287. The van der Waals surface area contributed by atoms with Gasteiger partial charge in [0.2, 0.25) is 5.91 Å². The van der Waals surface area contributed by atoms with Crippen LogP contribution in [0.4, 0.5) is 0 Å². The van der Waals surface area contributed by atoms with Crippen LogP contribution >= 0.6 is 27.5 Å². The predicted molar refractivity (Wildman–Crippen MR) is 110 cm³/mol. The predicted octanol–water partition coefficient (Wildman–Crippen LogP) is 3.22. The van der Waals surface area contributed by atoms with Gasteiger partial charge in [0, 0.05) is 40.7 Å². The van der Waals surface area contributed by atoms with Gasteiger partial charge in [-0.3, -0.25) is 14.5 Å². The van der Waals surface area contributed by atoms with Crippen molar-refractivity contribution in [3.8, 4) is 0 Å². The molecule has 2 aromatic carbocycles. The summed E-state index contributed by atoms with van der Waals surface area (Å²) in [5, 5.41) is 6.39. The second-order valence-electron chi connectivity index (χ2n) is 6.61. The van der Waals surface area contributed by atoms with Crippen molar-refractivity contribution < 1.29 is 9.59 Å².